The summed E-state index contributed by atoms with van der Waals surface area (Å²) in [4.78, 5) is 14.0. The zero-order valence-electron chi connectivity index (χ0n) is 9.15. The Morgan fingerprint density at radius 2 is 2.38 bits per heavy atom. The molecule has 86 valence electrons. The van der Waals surface area contributed by atoms with E-state index < -0.39 is 0 Å². The molecule has 0 N–H and O–H groups in total. The summed E-state index contributed by atoms with van der Waals surface area (Å²) in [6, 6.07) is 7.44. The van der Waals surface area contributed by atoms with Crippen molar-refractivity contribution in [1.82, 2.24) is 4.90 Å². The van der Waals surface area contributed by atoms with Crippen LogP contribution >= 0.6 is 15.9 Å². The van der Waals surface area contributed by atoms with Gasteiger partial charge >= 0.3 is 0 Å². The van der Waals surface area contributed by atoms with Crippen LogP contribution in [0.3, 0.4) is 0 Å². The molecule has 4 heteroatoms. The zero-order valence-corrected chi connectivity index (χ0v) is 10.7. The zero-order chi connectivity index (χ0) is 11.5. The number of hydrogen-bond acceptors (Lipinski definition) is 2. The molecule has 0 bridgehead atoms. The first-order chi connectivity index (χ1) is 7.68. The minimum absolute atomic E-state index is 0.0356. The van der Waals surface area contributed by atoms with Gasteiger partial charge in [-0.2, -0.15) is 0 Å². The third kappa shape index (κ3) is 2.44. The number of amides is 1. The lowest BCUT2D eigenvalue weighted by Crippen LogP contribution is -2.44. The normalized spacial score (nSPS) is 20.9. The third-order valence-electron chi connectivity index (χ3n) is 2.67. The molecular formula is C12H14BrNO2. The number of benzene rings is 1. The molecule has 0 saturated carbocycles. The van der Waals surface area contributed by atoms with Crippen LogP contribution in [-0.4, -0.2) is 30.2 Å². The molecule has 1 amide bonds. The van der Waals surface area contributed by atoms with E-state index in [9.17, 15) is 4.79 Å². The molecule has 0 radical (unpaired) electrons. The van der Waals surface area contributed by atoms with Gasteiger partial charge < -0.3 is 9.64 Å². The number of nitrogens with zero attached hydrogens (tertiary/aromatic N) is 1. The number of rotatable bonds is 1. The highest BCUT2D eigenvalue weighted by Gasteiger charge is 2.24. The van der Waals surface area contributed by atoms with Gasteiger partial charge in [-0.05, 0) is 31.5 Å². The fourth-order valence-corrected chi connectivity index (χ4v) is 2.21. The molecule has 1 aliphatic heterocycles. The molecule has 3 nitrogen and oxygen atoms in total. The number of halogens is 1. The van der Waals surface area contributed by atoms with E-state index >= 15 is 0 Å². The first-order valence-electron chi connectivity index (χ1n) is 5.36. The second-order valence-corrected chi connectivity index (χ2v) is 4.75. The minimum Gasteiger partial charge on any atom is -0.359 e. The number of hydrogen-bond donors (Lipinski definition) is 0. The van der Waals surface area contributed by atoms with Gasteiger partial charge in [-0.15, -0.1) is 0 Å². The van der Waals surface area contributed by atoms with Gasteiger partial charge in [-0.1, -0.05) is 22.0 Å². The molecule has 1 unspecified atom stereocenters. The highest BCUT2D eigenvalue weighted by molar-refractivity contribution is 9.10. The van der Waals surface area contributed by atoms with E-state index in [1.54, 1.807) is 4.90 Å². The maximum absolute atomic E-state index is 12.2. The van der Waals surface area contributed by atoms with E-state index in [0.717, 1.165) is 24.0 Å². The number of ether oxygens (including phenoxy) is 1. The Morgan fingerprint density at radius 3 is 3.06 bits per heavy atom. The van der Waals surface area contributed by atoms with E-state index in [0.29, 0.717) is 5.56 Å². The average molecular weight is 284 g/mol. The quantitative estimate of drug-likeness (QED) is 0.793. The Kier molecular flexibility index (Phi) is 3.61. The summed E-state index contributed by atoms with van der Waals surface area (Å²) < 4.78 is 6.38. The van der Waals surface area contributed by atoms with Crippen molar-refractivity contribution >= 4 is 21.8 Å². The second kappa shape index (κ2) is 4.97. The van der Waals surface area contributed by atoms with Crippen LogP contribution in [0.15, 0.2) is 28.7 Å². The lowest BCUT2D eigenvalue weighted by atomic mass is 10.2. The van der Waals surface area contributed by atoms with Gasteiger partial charge in [0, 0.05) is 16.6 Å². The SMILES string of the molecule is CC1OCCCN1C(=O)c1cccc(Br)c1. The summed E-state index contributed by atoms with van der Waals surface area (Å²) in [6.45, 7) is 3.42. The van der Waals surface area contributed by atoms with Gasteiger partial charge in [0.1, 0.15) is 6.23 Å². The molecule has 0 spiro atoms. The lowest BCUT2D eigenvalue weighted by molar-refractivity contribution is -0.0661. The van der Waals surface area contributed by atoms with Crippen molar-refractivity contribution < 1.29 is 9.53 Å². The Labute approximate surface area is 104 Å². The Balaban J connectivity index is 2.17. The van der Waals surface area contributed by atoms with Gasteiger partial charge in [0.15, 0.2) is 0 Å². The fraction of sp³-hybridized carbons (Fsp3) is 0.417. The van der Waals surface area contributed by atoms with Crippen molar-refractivity contribution in [2.75, 3.05) is 13.2 Å². The summed E-state index contributed by atoms with van der Waals surface area (Å²) in [5.41, 5.74) is 0.701. The molecular weight excluding hydrogens is 270 g/mol. The van der Waals surface area contributed by atoms with Crippen molar-refractivity contribution in [2.45, 2.75) is 19.6 Å². The van der Waals surface area contributed by atoms with Crippen LogP contribution in [0.2, 0.25) is 0 Å². The molecule has 1 aromatic carbocycles. The van der Waals surface area contributed by atoms with Crippen molar-refractivity contribution in [3.8, 4) is 0 Å². The average Bonchev–Trinajstić information content (AvgIpc) is 2.29. The highest BCUT2D eigenvalue weighted by Crippen LogP contribution is 2.17. The van der Waals surface area contributed by atoms with E-state index in [2.05, 4.69) is 15.9 Å². The van der Waals surface area contributed by atoms with Crippen LogP contribution in [0.5, 0.6) is 0 Å². The van der Waals surface area contributed by atoms with Crippen molar-refractivity contribution in [3.05, 3.63) is 34.3 Å². The van der Waals surface area contributed by atoms with Crippen molar-refractivity contribution in [1.29, 1.82) is 0 Å². The molecule has 2 rings (SSSR count). The molecule has 0 aromatic heterocycles. The van der Waals surface area contributed by atoms with Crippen LogP contribution < -0.4 is 0 Å². The molecule has 1 aromatic rings. The molecule has 1 fully saturated rings. The van der Waals surface area contributed by atoms with E-state index in [1.807, 2.05) is 31.2 Å². The topological polar surface area (TPSA) is 29.5 Å². The largest absolute Gasteiger partial charge is 0.359 e. The number of carbonyl (C=O) groups excluding carboxylic acids is 1. The fourth-order valence-electron chi connectivity index (χ4n) is 1.81. The molecule has 1 heterocycles. The van der Waals surface area contributed by atoms with E-state index in [-0.39, 0.29) is 12.1 Å². The Morgan fingerprint density at radius 1 is 1.56 bits per heavy atom. The molecule has 16 heavy (non-hydrogen) atoms. The summed E-state index contributed by atoms with van der Waals surface area (Å²) in [7, 11) is 0. The molecule has 1 atom stereocenters. The first-order valence-corrected chi connectivity index (χ1v) is 6.16. The monoisotopic (exact) mass is 283 g/mol. The lowest BCUT2D eigenvalue weighted by Gasteiger charge is -2.33. The Bertz CT molecular complexity index is 394. The summed E-state index contributed by atoms with van der Waals surface area (Å²) in [5, 5.41) is 0. The molecule has 0 aliphatic carbocycles. The van der Waals surface area contributed by atoms with Gasteiger partial charge in [0.25, 0.3) is 5.91 Å². The van der Waals surface area contributed by atoms with Crippen molar-refractivity contribution in [3.63, 3.8) is 0 Å². The third-order valence-corrected chi connectivity index (χ3v) is 3.17. The van der Waals surface area contributed by atoms with Crippen molar-refractivity contribution in [2.24, 2.45) is 0 Å². The van der Waals surface area contributed by atoms with Crippen LogP contribution in [0.25, 0.3) is 0 Å². The van der Waals surface area contributed by atoms with Gasteiger partial charge in [0.2, 0.25) is 0 Å². The van der Waals surface area contributed by atoms with Crippen LogP contribution in [0.1, 0.15) is 23.7 Å². The minimum atomic E-state index is -0.125. The van der Waals surface area contributed by atoms with Gasteiger partial charge in [0.05, 0.1) is 6.61 Å². The highest BCUT2D eigenvalue weighted by atomic mass is 79.9. The summed E-state index contributed by atoms with van der Waals surface area (Å²) in [6.07, 6.45) is 0.782. The summed E-state index contributed by atoms with van der Waals surface area (Å²) >= 11 is 3.37. The Hall–Kier alpha value is -0.870. The van der Waals surface area contributed by atoms with Gasteiger partial charge in [-0.25, -0.2) is 0 Å². The second-order valence-electron chi connectivity index (χ2n) is 3.83. The number of carbonyl (C=O) groups is 1. The smallest absolute Gasteiger partial charge is 0.255 e. The maximum Gasteiger partial charge on any atom is 0.255 e. The van der Waals surface area contributed by atoms with E-state index in [1.165, 1.54) is 0 Å². The predicted molar refractivity (Wildman–Crippen MR) is 65.2 cm³/mol. The van der Waals surface area contributed by atoms with Gasteiger partial charge in [-0.3, -0.25) is 4.79 Å². The molecule has 1 saturated heterocycles. The first kappa shape index (κ1) is 11.6. The van der Waals surface area contributed by atoms with Crippen LogP contribution in [0.4, 0.5) is 0 Å². The summed E-state index contributed by atoms with van der Waals surface area (Å²) in [5.74, 6) is 0.0356. The van der Waals surface area contributed by atoms with Crippen LogP contribution in [0, 0.1) is 0 Å². The van der Waals surface area contributed by atoms with E-state index in [4.69, 9.17) is 4.74 Å². The van der Waals surface area contributed by atoms with Crippen LogP contribution in [-0.2, 0) is 4.74 Å². The predicted octanol–water partition coefficient (Wildman–Crippen LogP) is 2.66. The standard InChI is InChI=1S/C12H14BrNO2/c1-9-14(6-3-7-16-9)12(15)10-4-2-5-11(13)8-10/h2,4-5,8-9H,3,6-7H2,1H3. The molecule has 1 aliphatic rings. The maximum atomic E-state index is 12.2.